The summed E-state index contributed by atoms with van der Waals surface area (Å²) >= 11 is 13.8. The van der Waals surface area contributed by atoms with Crippen LogP contribution in [-0.2, 0) is 6.54 Å². The molecule has 0 aliphatic carbocycles. The summed E-state index contributed by atoms with van der Waals surface area (Å²) in [4.78, 5) is 25.1. The Labute approximate surface area is 126 Å². The van der Waals surface area contributed by atoms with Gasteiger partial charge in [-0.2, -0.15) is 0 Å². The third-order valence-electron chi connectivity index (χ3n) is 2.34. The van der Waals surface area contributed by atoms with Crippen LogP contribution in [0.1, 0.15) is 5.56 Å². The summed E-state index contributed by atoms with van der Waals surface area (Å²) in [6.07, 6.45) is 1.49. The second-order valence-corrected chi connectivity index (χ2v) is 5.52. The minimum atomic E-state index is -0.476. The zero-order chi connectivity index (χ0) is 13.3. The molecular weight excluding hydrogens is 390 g/mol. The maximum absolute atomic E-state index is 11.6. The van der Waals surface area contributed by atoms with Crippen LogP contribution < -0.4 is 11.2 Å². The van der Waals surface area contributed by atoms with Crippen LogP contribution in [-0.4, -0.2) is 9.55 Å². The zero-order valence-corrected chi connectivity index (χ0v) is 12.6. The van der Waals surface area contributed by atoms with E-state index in [9.17, 15) is 9.59 Å². The molecule has 0 amide bonds. The van der Waals surface area contributed by atoms with Gasteiger partial charge in [0.05, 0.1) is 20.2 Å². The number of halogens is 3. The minimum absolute atomic E-state index is 0.255. The van der Waals surface area contributed by atoms with Crippen LogP contribution in [0.25, 0.3) is 0 Å². The number of hydrogen-bond acceptors (Lipinski definition) is 2. The van der Waals surface area contributed by atoms with Gasteiger partial charge in [-0.1, -0.05) is 35.3 Å². The van der Waals surface area contributed by atoms with Crippen molar-refractivity contribution in [2.75, 3.05) is 0 Å². The molecule has 0 atom stereocenters. The van der Waals surface area contributed by atoms with Gasteiger partial charge in [-0.25, -0.2) is 4.79 Å². The first kappa shape index (κ1) is 13.6. The molecule has 0 saturated carbocycles. The number of aromatic amines is 1. The van der Waals surface area contributed by atoms with E-state index in [4.69, 9.17) is 23.2 Å². The molecule has 0 aliphatic rings. The van der Waals surface area contributed by atoms with E-state index in [2.05, 4.69) is 4.98 Å². The first-order valence-corrected chi connectivity index (χ1v) is 6.74. The van der Waals surface area contributed by atoms with E-state index >= 15 is 0 Å². The Kier molecular flexibility index (Phi) is 4.14. The summed E-state index contributed by atoms with van der Waals surface area (Å²) in [7, 11) is 0. The number of nitrogens with zero attached hydrogens (tertiary/aromatic N) is 1. The van der Waals surface area contributed by atoms with Crippen LogP contribution >= 0.6 is 45.8 Å². The highest BCUT2D eigenvalue weighted by Crippen LogP contribution is 2.25. The van der Waals surface area contributed by atoms with Gasteiger partial charge in [0.25, 0.3) is 5.56 Å². The fourth-order valence-electron chi connectivity index (χ4n) is 1.45. The molecule has 7 heteroatoms. The SMILES string of the molecule is O=c1[nH]c(=O)n(Cc2cccc(Cl)c2Cl)cc1I. The van der Waals surface area contributed by atoms with Crippen LogP contribution in [0.15, 0.2) is 34.0 Å². The van der Waals surface area contributed by atoms with Crippen LogP contribution in [0.4, 0.5) is 0 Å². The molecule has 2 rings (SSSR count). The fraction of sp³-hybridized carbons (Fsp3) is 0.0909. The largest absolute Gasteiger partial charge is 0.328 e. The molecule has 1 N–H and O–H groups in total. The highest BCUT2D eigenvalue weighted by molar-refractivity contribution is 14.1. The lowest BCUT2D eigenvalue weighted by Gasteiger charge is -2.08. The predicted molar refractivity (Wildman–Crippen MR) is 79.6 cm³/mol. The zero-order valence-electron chi connectivity index (χ0n) is 8.91. The molecule has 0 fully saturated rings. The smallest absolute Gasteiger partial charge is 0.295 e. The van der Waals surface area contributed by atoms with E-state index in [1.807, 2.05) is 22.6 Å². The molecular formula is C11H7Cl2IN2O2. The molecule has 0 radical (unpaired) electrons. The summed E-state index contributed by atoms with van der Waals surface area (Å²) in [6, 6.07) is 5.21. The lowest BCUT2D eigenvalue weighted by Crippen LogP contribution is -2.31. The van der Waals surface area contributed by atoms with E-state index < -0.39 is 11.2 Å². The Morgan fingerprint density at radius 3 is 2.72 bits per heavy atom. The van der Waals surface area contributed by atoms with Gasteiger partial charge in [0, 0.05) is 6.20 Å². The van der Waals surface area contributed by atoms with Crippen LogP contribution in [0.5, 0.6) is 0 Å². The van der Waals surface area contributed by atoms with Crippen molar-refractivity contribution in [3.8, 4) is 0 Å². The van der Waals surface area contributed by atoms with Crippen molar-refractivity contribution in [3.63, 3.8) is 0 Å². The van der Waals surface area contributed by atoms with E-state index in [0.717, 1.165) is 0 Å². The van der Waals surface area contributed by atoms with Gasteiger partial charge >= 0.3 is 5.69 Å². The van der Waals surface area contributed by atoms with Crippen molar-refractivity contribution >= 4 is 45.8 Å². The number of rotatable bonds is 2. The topological polar surface area (TPSA) is 54.9 Å². The maximum Gasteiger partial charge on any atom is 0.328 e. The number of benzene rings is 1. The van der Waals surface area contributed by atoms with Crippen molar-refractivity contribution < 1.29 is 0 Å². The summed E-state index contributed by atoms with van der Waals surface area (Å²) in [5.74, 6) is 0. The van der Waals surface area contributed by atoms with Gasteiger partial charge in [0.2, 0.25) is 0 Å². The molecule has 94 valence electrons. The van der Waals surface area contributed by atoms with Gasteiger partial charge in [0.1, 0.15) is 0 Å². The number of hydrogen-bond donors (Lipinski definition) is 1. The van der Waals surface area contributed by atoms with Crippen molar-refractivity contribution in [2.45, 2.75) is 6.54 Å². The van der Waals surface area contributed by atoms with Crippen molar-refractivity contribution in [2.24, 2.45) is 0 Å². The van der Waals surface area contributed by atoms with Crippen molar-refractivity contribution in [1.29, 1.82) is 0 Å². The Balaban J connectivity index is 2.47. The summed E-state index contributed by atoms with van der Waals surface area (Å²) in [6.45, 7) is 0.255. The molecule has 1 aromatic carbocycles. The normalized spacial score (nSPS) is 10.6. The third kappa shape index (κ3) is 2.78. The van der Waals surface area contributed by atoms with Gasteiger partial charge in [0.15, 0.2) is 0 Å². The number of H-pyrrole nitrogens is 1. The maximum atomic E-state index is 11.6. The highest BCUT2D eigenvalue weighted by Gasteiger charge is 2.07. The van der Waals surface area contributed by atoms with Gasteiger partial charge in [-0.3, -0.25) is 14.3 Å². The van der Waals surface area contributed by atoms with E-state index in [1.54, 1.807) is 18.2 Å². The second-order valence-electron chi connectivity index (χ2n) is 3.58. The molecule has 0 bridgehead atoms. The Morgan fingerprint density at radius 2 is 2.00 bits per heavy atom. The number of aromatic nitrogens is 2. The van der Waals surface area contributed by atoms with Crippen molar-refractivity contribution in [3.05, 3.63) is 64.4 Å². The molecule has 0 saturated heterocycles. The molecule has 0 spiro atoms. The Morgan fingerprint density at radius 1 is 1.28 bits per heavy atom. The molecule has 0 aliphatic heterocycles. The van der Waals surface area contributed by atoms with Crippen LogP contribution in [0.2, 0.25) is 10.0 Å². The molecule has 4 nitrogen and oxygen atoms in total. The predicted octanol–water partition coefficient (Wildman–Crippen LogP) is 2.50. The van der Waals surface area contributed by atoms with Gasteiger partial charge in [-0.15, -0.1) is 0 Å². The highest BCUT2D eigenvalue weighted by atomic mass is 127. The van der Waals surface area contributed by atoms with Gasteiger partial charge < -0.3 is 0 Å². The average Bonchev–Trinajstić information content (AvgIpc) is 2.32. The van der Waals surface area contributed by atoms with E-state index in [-0.39, 0.29) is 6.54 Å². The molecule has 1 aromatic heterocycles. The summed E-state index contributed by atoms with van der Waals surface area (Å²) in [5, 5.41) is 0.841. The molecule has 0 unspecified atom stereocenters. The summed E-state index contributed by atoms with van der Waals surface area (Å²) < 4.78 is 1.81. The lowest BCUT2D eigenvalue weighted by molar-refractivity contribution is 0.715. The van der Waals surface area contributed by atoms with E-state index in [1.165, 1.54) is 10.8 Å². The Hall–Kier alpha value is -0.790. The minimum Gasteiger partial charge on any atom is -0.295 e. The fourth-order valence-corrected chi connectivity index (χ4v) is 2.31. The summed E-state index contributed by atoms with van der Waals surface area (Å²) in [5.41, 5.74) is -0.153. The van der Waals surface area contributed by atoms with Gasteiger partial charge in [-0.05, 0) is 34.2 Å². The third-order valence-corrected chi connectivity index (χ3v) is 3.97. The standard InChI is InChI=1S/C11H7Cl2IN2O2/c12-7-3-1-2-6(9(7)13)4-16-5-8(14)10(17)15-11(16)18/h1-3,5H,4H2,(H,15,17,18). The quantitative estimate of drug-likeness (QED) is 0.793. The van der Waals surface area contributed by atoms with Crippen molar-refractivity contribution in [1.82, 2.24) is 9.55 Å². The second kappa shape index (κ2) is 5.46. The van der Waals surface area contributed by atoms with E-state index in [0.29, 0.717) is 19.2 Å². The molecule has 18 heavy (non-hydrogen) atoms. The molecule has 2 aromatic rings. The van der Waals surface area contributed by atoms with Crippen LogP contribution in [0, 0.1) is 3.57 Å². The molecule has 1 heterocycles. The average molecular weight is 397 g/mol. The Bertz CT molecular complexity index is 709. The lowest BCUT2D eigenvalue weighted by atomic mass is 10.2. The first-order valence-electron chi connectivity index (χ1n) is 4.91. The first-order chi connectivity index (χ1) is 8.49. The number of nitrogens with one attached hydrogen (secondary N) is 1. The monoisotopic (exact) mass is 396 g/mol. The van der Waals surface area contributed by atoms with Crippen LogP contribution in [0.3, 0.4) is 0 Å².